The molecule has 1 heteroatoms. The Labute approximate surface area is 173 Å². The minimum atomic E-state index is -2.09. The highest BCUT2D eigenvalue weighted by Crippen LogP contribution is 2.54. The lowest BCUT2D eigenvalue weighted by Gasteiger charge is -2.46. The zero-order valence-corrected chi connectivity index (χ0v) is 19.8. The minimum absolute atomic E-state index is 0.106. The van der Waals surface area contributed by atoms with E-state index < -0.39 is 8.07 Å². The third kappa shape index (κ3) is 3.05. The predicted octanol–water partition coefficient (Wildman–Crippen LogP) is 6.45. The van der Waals surface area contributed by atoms with Crippen LogP contribution in [0.25, 0.3) is 0 Å². The van der Waals surface area contributed by atoms with Crippen LogP contribution in [0.4, 0.5) is 0 Å². The van der Waals surface area contributed by atoms with Crippen molar-refractivity contribution in [2.45, 2.75) is 72.4 Å². The van der Waals surface area contributed by atoms with Crippen LogP contribution in [0.1, 0.15) is 59.6 Å². The molecule has 0 amide bonds. The topological polar surface area (TPSA) is 0 Å². The van der Waals surface area contributed by atoms with E-state index >= 15 is 0 Å². The van der Waals surface area contributed by atoms with Crippen molar-refractivity contribution >= 4 is 18.4 Å². The molecule has 0 nitrogen and oxygen atoms in total. The van der Waals surface area contributed by atoms with E-state index in [2.05, 4.69) is 103 Å². The van der Waals surface area contributed by atoms with Gasteiger partial charge in [-0.25, -0.2) is 0 Å². The summed E-state index contributed by atoms with van der Waals surface area (Å²) in [6.07, 6.45) is 4.80. The standard InChI is InChI=1S/C27H36Si/c1-8-23-16-24(9-2)18-26(17-23)28(10-3,25-14-12-11-13-15-25)27(7)19-20(4)21(5)22(27)6/h11-19H,8-10H2,1-7H3. The highest BCUT2D eigenvalue weighted by molar-refractivity contribution is 7.05. The van der Waals surface area contributed by atoms with E-state index in [0.717, 1.165) is 12.8 Å². The summed E-state index contributed by atoms with van der Waals surface area (Å²) in [5.41, 5.74) is 7.49. The molecule has 148 valence electrons. The zero-order chi connectivity index (χ0) is 20.5. The fourth-order valence-corrected chi connectivity index (χ4v) is 11.5. The smallest absolute Gasteiger partial charge is 0.0733 e. The molecule has 2 atom stereocenters. The summed E-state index contributed by atoms with van der Waals surface area (Å²) in [6.45, 7) is 16.5. The molecule has 0 spiro atoms. The molecule has 3 rings (SSSR count). The lowest BCUT2D eigenvalue weighted by molar-refractivity contribution is 0.853. The molecule has 1 aliphatic carbocycles. The van der Waals surface area contributed by atoms with Crippen molar-refractivity contribution < 1.29 is 0 Å². The van der Waals surface area contributed by atoms with Crippen LogP contribution in [-0.4, -0.2) is 8.07 Å². The Balaban J connectivity index is 2.41. The quantitative estimate of drug-likeness (QED) is 0.499. The number of aryl methyl sites for hydroxylation is 2. The Morgan fingerprint density at radius 3 is 1.79 bits per heavy atom. The SMILES string of the molecule is CCc1cc(CC)cc([Si](CC)(c2ccccc2)C2(C)C=C(C)C(C)=C2C)c1. The summed E-state index contributed by atoms with van der Waals surface area (Å²) in [5.74, 6) is 0. The second-order valence-corrected chi connectivity index (χ2v) is 13.4. The average Bonchev–Trinajstić information content (AvgIpc) is 2.92. The third-order valence-corrected chi connectivity index (χ3v) is 13.4. The maximum absolute atomic E-state index is 2.60. The first kappa shape index (κ1) is 20.9. The number of hydrogen-bond donors (Lipinski definition) is 0. The number of rotatable bonds is 6. The Kier molecular flexibility index (Phi) is 5.86. The summed E-state index contributed by atoms with van der Waals surface area (Å²) in [6, 6.07) is 20.1. The summed E-state index contributed by atoms with van der Waals surface area (Å²) in [5, 5.41) is 3.28. The Hall–Kier alpha value is -1.86. The van der Waals surface area contributed by atoms with Crippen molar-refractivity contribution in [3.05, 3.63) is 82.5 Å². The molecule has 0 radical (unpaired) electrons. The Bertz CT molecular complexity index is 896. The molecular weight excluding hydrogens is 352 g/mol. The van der Waals surface area contributed by atoms with Crippen molar-refractivity contribution in [2.24, 2.45) is 0 Å². The van der Waals surface area contributed by atoms with Gasteiger partial charge < -0.3 is 0 Å². The number of hydrogen-bond acceptors (Lipinski definition) is 0. The highest BCUT2D eigenvalue weighted by Gasteiger charge is 2.53. The first-order valence-electron chi connectivity index (χ1n) is 10.9. The summed E-state index contributed by atoms with van der Waals surface area (Å²) in [4.78, 5) is 0. The van der Waals surface area contributed by atoms with Gasteiger partial charge in [-0.1, -0.05) is 110 Å². The van der Waals surface area contributed by atoms with Crippen molar-refractivity contribution in [2.75, 3.05) is 0 Å². The van der Waals surface area contributed by atoms with E-state index in [4.69, 9.17) is 0 Å². The van der Waals surface area contributed by atoms with Gasteiger partial charge in [-0.2, -0.15) is 0 Å². The van der Waals surface area contributed by atoms with E-state index in [-0.39, 0.29) is 5.04 Å². The van der Waals surface area contributed by atoms with E-state index in [9.17, 15) is 0 Å². The van der Waals surface area contributed by atoms with Crippen molar-refractivity contribution in [1.29, 1.82) is 0 Å². The molecule has 0 N–H and O–H groups in total. The van der Waals surface area contributed by atoms with Crippen LogP contribution in [0.15, 0.2) is 71.3 Å². The average molecular weight is 389 g/mol. The van der Waals surface area contributed by atoms with Crippen molar-refractivity contribution in [1.82, 2.24) is 0 Å². The highest BCUT2D eigenvalue weighted by atomic mass is 28.3. The molecule has 0 aliphatic heterocycles. The lowest BCUT2D eigenvalue weighted by atomic mass is 10.0. The van der Waals surface area contributed by atoms with Gasteiger partial charge in [0.2, 0.25) is 0 Å². The molecule has 2 unspecified atom stereocenters. The van der Waals surface area contributed by atoms with Crippen molar-refractivity contribution in [3.8, 4) is 0 Å². The van der Waals surface area contributed by atoms with Gasteiger partial charge in [0.25, 0.3) is 0 Å². The summed E-state index contributed by atoms with van der Waals surface area (Å²) in [7, 11) is -2.09. The molecule has 0 heterocycles. The van der Waals surface area contributed by atoms with Gasteiger partial charge in [0.15, 0.2) is 0 Å². The number of benzene rings is 2. The second-order valence-electron chi connectivity index (χ2n) is 8.65. The van der Waals surface area contributed by atoms with Crippen LogP contribution in [0.5, 0.6) is 0 Å². The maximum atomic E-state index is 2.60. The summed E-state index contributed by atoms with van der Waals surface area (Å²) < 4.78 is 0. The van der Waals surface area contributed by atoms with Gasteiger partial charge in [-0.3, -0.25) is 0 Å². The van der Waals surface area contributed by atoms with Crippen molar-refractivity contribution in [3.63, 3.8) is 0 Å². The molecule has 2 aromatic carbocycles. The molecule has 0 aromatic heterocycles. The molecule has 0 bridgehead atoms. The van der Waals surface area contributed by atoms with Gasteiger partial charge in [-0.15, -0.1) is 0 Å². The monoisotopic (exact) mass is 388 g/mol. The predicted molar refractivity (Wildman–Crippen MR) is 128 cm³/mol. The van der Waals surface area contributed by atoms with Gasteiger partial charge in [0, 0.05) is 5.04 Å². The van der Waals surface area contributed by atoms with Crippen LogP contribution in [-0.2, 0) is 12.8 Å². The molecule has 0 saturated carbocycles. The molecular formula is C27H36Si. The van der Waals surface area contributed by atoms with Crippen LogP contribution in [0.2, 0.25) is 11.1 Å². The van der Waals surface area contributed by atoms with E-state index in [1.807, 2.05) is 0 Å². The van der Waals surface area contributed by atoms with Crippen LogP contribution >= 0.6 is 0 Å². The van der Waals surface area contributed by atoms with Crippen LogP contribution in [0.3, 0.4) is 0 Å². The first-order valence-corrected chi connectivity index (χ1v) is 13.1. The Morgan fingerprint density at radius 1 is 0.786 bits per heavy atom. The minimum Gasteiger partial charge on any atom is -0.0733 e. The van der Waals surface area contributed by atoms with Gasteiger partial charge in [-0.05, 0) is 50.3 Å². The van der Waals surface area contributed by atoms with E-state index in [1.165, 1.54) is 28.3 Å². The summed E-state index contributed by atoms with van der Waals surface area (Å²) >= 11 is 0. The fraction of sp³-hybridized carbons (Fsp3) is 0.407. The fourth-order valence-electron chi connectivity index (χ4n) is 5.46. The molecule has 2 aromatic rings. The normalized spacial score (nSPS) is 21.6. The number of allylic oxidation sites excluding steroid dienone is 4. The largest absolute Gasteiger partial charge is 0.131 e. The van der Waals surface area contributed by atoms with E-state index in [1.54, 1.807) is 15.9 Å². The molecule has 28 heavy (non-hydrogen) atoms. The second kappa shape index (κ2) is 7.87. The van der Waals surface area contributed by atoms with E-state index in [0.29, 0.717) is 0 Å². The van der Waals surface area contributed by atoms with Crippen LogP contribution < -0.4 is 10.4 Å². The third-order valence-electron chi connectivity index (χ3n) is 7.48. The zero-order valence-electron chi connectivity index (χ0n) is 18.8. The van der Waals surface area contributed by atoms with Crippen LogP contribution in [0, 0.1) is 0 Å². The Morgan fingerprint density at radius 2 is 1.36 bits per heavy atom. The molecule has 1 aliphatic rings. The maximum Gasteiger partial charge on any atom is 0.131 e. The van der Waals surface area contributed by atoms with Gasteiger partial charge in [0.1, 0.15) is 8.07 Å². The molecule has 0 saturated heterocycles. The van der Waals surface area contributed by atoms with Gasteiger partial charge in [0.05, 0.1) is 0 Å². The first-order chi connectivity index (χ1) is 13.3. The molecule has 0 fully saturated rings. The van der Waals surface area contributed by atoms with Gasteiger partial charge >= 0.3 is 0 Å². The lowest BCUT2D eigenvalue weighted by Crippen LogP contribution is -2.65.